The first kappa shape index (κ1) is 18.8. The predicted octanol–water partition coefficient (Wildman–Crippen LogP) is 3.12. The Labute approximate surface area is 170 Å². The molecule has 3 aromatic rings. The van der Waals surface area contributed by atoms with Crippen molar-refractivity contribution < 1.29 is 4.74 Å². The van der Waals surface area contributed by atoms with E-state index in [4.69, 9.17) is 17.0 Å². The van der Waals surface area contributed by atoms with Crippen LogP contribution in [0, 0.1) is 0 Å². The fraction of sp³-hybridized carbons (Fsp3) is 0.273. The number of nitrogens with zero attached hydrogens (tertiary/aromatic N) is 2. The topological polar surface area (TPSA) is 48.9 Å². The van der Waals surface area contributed by atoms with Crippen molar-refractivity contribution in [1.29, 1.82) is 0 Å². The van der Waals surface area contributed by atoms with Gasteiger partial charge in [-0.2, -0.15) is 5.10 Å². The van der Waals surface area contributed by atoms with E-state index in [-0.39, 0.29) is 0 Å². The maximum atomic E-state index is 5.36. The Bertz CT molecular complexity index is 944. The Morgan fingerprint density at radius 2 is 1.68 bits per heavy atom. The van der Waals surface area contributed by atoms with E-state index >= 15 is 0 Å². The quantitative estimate of drug-likeness (QED) is 0.302. The van der Waals surface area contributed by atoms with Crippen molar-refractivity contribution in [3.63, 3.8) is 0 Å². The van der Waals surface area contributed by atoms with Gasteiger partial charge in [-0.25, -0.2) is 0 Å². The molecule has 1 heterocycles. The lowest BCUT2D eigenvalue weighted by molar-refractivity contribution is 0.0389. The average Bonchev–Trinajstić information content (AvgIpc) is 2.74. The molecule has 0 atom stereocenters. The van der Waals surface area contributed by atoms with Gasteiger partial charge in [-0.05, 0) is 39.8 Å². The van der Waals surface area contributed by atoms with E-state index in [2.05, 4.69) is 75.3 Å². The molecule has 3 aromatic carbocycles. The lowest BCUT2D eigenvalue weighted by atomic mass is 9.97. The third kappa shape index (κ3) is 4.47. The molecule has 1 aliphatic heterocycles. The summed E-state index contributed by atoms with van der Waals surface area (Å²) in [6.45, 7) is 5.32. The molecule has 0 radical (unpaired) electrons. The zero-order chi connectivity index (χ0) is 19.2. The Balaban J connectivity index is 1.42. The summed E-state index contributed by atoms with van der Waals surface area (Å²) in [6, 6.07) is 19.0. The van der Waals surface area contributed by atoms with Crippen molar-refractivity contribution in [1.82, 2.24) is 15.6 Å². The number of rotatable bonds is 5. The summed E-state index contributed by atoms with van der Waals surface area (Å²) >= 11 is 5.35. The number of nitrogens with one attached hydrogen (secondary N) is 2. The van der Waals surface area contributed by atoms with Crippen molar-refractivity contribution in [2.45, 2.75) is 0 Å². The van der Waals surface area contributed by atoms with Gasteiger partial charge < -0.3 is 10.1 Å². The summed E-state index contributed by atoms with van der Waals surface area (Å²) in [6.07, 6.45) is 1.86. The molecular formula is C22H24N4OS. The van der Waals surface area contributed by atoms with Crippen LogP contribution in [0.25, 0.3) is 21.5 Å². The van der Waals surface area contributed by atoms with Crippen molar-refractivity contribution in [2.24, 2.45) is 5.10 Å². The highest BCUT2D eigenvalue weighted by Gasteiger charge is 2.09. The van der Waals surface area contributed by atoms with Crippen molar-refractivity contribution in [3.05, 3.63) is 60.2 Å². The molecule has 1 aliphatic rings. The van der Waals surface area contributed by atoms with Crippen LogP contribution in [0.4, 0.5) is 0 Å². The average molecular weight is 393 g/mol. The fourth-order valence-corrected chi connectivity index (χ4v) is 3.69. The number of ether oxygens (including phenoxy) is 1. The zero-order valence-corrected chi connectivity index (χ0v) is 16.5. The second-order valence-electron chi connectivity index (χ2n) is 6.81. The zero-order valence-electron chi connectivity index (χ0n) is 15.7. The lowest BCUT2D eigenvalue weighted by Gasteiger charge is -2.26. The second-order valence-corrected chi connectivity index (χ2v) is 7.22. The molecular weight excluding hydrogens is 368 g/mol. The minimum Gasteiger partial charge on any atom is -0.379 e. The highest BCUT2D eigenvalue weighted by Crippen LogP contribution is 2.27. The molecule has 5 nitrogen and oxygen atoms in total. The van der Waals surface area contributed by atoms with Crippen molar-refractivity contribution in [3.8, 4) is 0 Å². The van der Waals surface area contributed by atoms with Gasteiger partial charge in [0.2, 0.25) is 0 Å². The first-order valence-electron chi connectivity index (χ1n) is 9.59. The van der Waals surface area contributed by atoms with Crippen LogP contribution in [0.15, 0.2) is 59.7 Å². The van der Waals surface area contributed by atoms with Crippen molar-refractivity contribution >= 4 is 45.1 Å². The molecule has 6 heteroatoms. The maximum Gasteiger partial charge on any atom is 0.187 e. The molecule has 144 valence electrons. The standard InChI is InChI=1S/C22H24N4OS/c28-22(23-9-10-26-11-13-27-14-12-26)25-24-16-21-19-7-3-1-5-17(19)15-18-6-2-4-8-20(18)21/h1-8,15-16H,9-14H2,(H2,23,25,28). The molecule has 0 bridgehead atoms. The number of benzene rings is 3. The van der Waals surface area contributed by atoms with Crippen LogP contribution in [-0.4, -0.2) is 55.6 Å². The minimum absolute atomic E-state index is 0.536. The monoisotopic (exact) mass is 392 g/mol. The Morgan fingerprint density at radius 1 is 1.04 bits per heavy atom. The van der Waals surface area contributed by atoms with Gasteiger partial charge in [0.15, 0.2) is 5.11 Å². The van der Waals surface area contributed by atoms with Crippen LogP contribution in [0.3, 0.4) is 0 Å². The van der Waals surface area contributed by atoms with E-state index in [1.54, 1.807) is 0 Å². The van der Waals surface area contributed by atoms with Gasteiger partial charge in [0.05, 0.1) is 19.4 Å². The number of morpholine rings is 1. The summed E-state index contributed by atoms with van der Waals surface area (Å²) < 4.78 is 5.36. The molecule has 4 rings (SSSR count). The Kier molecular flexibility index (Phi) is 6.11. The van der Waals surface area contributed by atoms with Crippen LogP contribution < -0.4 is 10.7 Å². The number of fused-ring (bicyclic) bond motifs is 2. The van der Waals surface area contributed by atoms with E-state index in [0.717, 1.165) is 45.0 Å². The molecule has 1 fully saturated rings. The van der Waals surface area contributed by atoms with Crippen LogP contribution in [0.1, 0.15) is 5.56 Å². The molecule has 2 N–H and O–H groups in total. The maximum absolute atomic E-state index is 5.36. The Hall–Kier alpha value is -2.54. The lowest BCUT2D eigenvalue weighted by Crippen LogP contribution is -2.42. The van der Waals surface area contributed by atoms with Gasteiger partial charge in [-0.3, -0.25) is 10.3 Å². The first-order valence-corrected chi connectivity index (χ1v) is 9.99. The molecule has 1 saturated heterocycles. The van der Waals surface area contributed by atoms with Gasteiger partial charge in [-0.1, -0.05) is 48.5 Å². The van der Waals surface area contributed by atoms with Gasteiger partial charge >= 0.3 is 0 Å². The Morgan fingerprint density at radius 3 is 2.36 bits per heavy atom. The number of hydrogen-bond acceptors (Lipinski definition) is 4. The molecule has 0 saturated carbocycles. The molecule has 0 aromatic heterocycles. The van der Waals surface area contributed by atoms with Gasteiger partial charge in [-0.15, -0.1) is 0 Å². The molecule has 0 spiro atoms. The normalized spacial score (nSPS) is 15.3. The second kappa shape index (κ2) is 9.10. The van der Waals surface area contributed by atoms with Gasteiger partial charge in [0.25, 0.3) is 0 Å². The van der Waals surface area contributed by atoms with Gasteiger partial charge in [0, 0.05) is 31.7 Å². The van der Waals surface area contributed by atoms with E-state index < -0.39 is 0 Å². The van der Waals surface area contributed by atoms with Crippen LogP contribution >= 0.6 is 12.2 Å². The third-order valence-corrected chi connectivity index (χ3v) is 5.23. The number of hydrazone groups is 1. The predicted molar refractivity (Wildman–Crippen MR) is 120 cm³/mol. The SMILES string of the molecule is S=C(NCCN1CCOCC1)NN=Cc1c2ccccc2cc2ccccc12. The first-order chi connectivity index (χ1) is 13.8. The number of hydrogen-bond donors (Lipinski definition) is 2. The summed E-state index contributed by atoms with van der Waals surface area (Å²) in [7, 11) is 0. The molecule has 0 amide bonds. The van der Waals surface area contributed by atoms with Crippen LogP contribution in [0.2, 0.25) is 0 Å². The molecule has 28 heavy (non-hydrogen) atoms. The minimum atomic E-state index is 0.536. The van der Waals surface area contributed by atoms with E-state index in [0.29, 0.717) is 5.11 Å². The van der Waals surface area contributed by atoms with E-state index in [9.17, 15) is 0 Å². The van der Waals surface area contributed by atoms with Crippen molar-refractivity contribution in [2.75, 3.05) is 39.4 Å². The van der Waals surface area contributed by atoms with E-state index in [1.165, 1.54) is 21.5 Å². The van der Waals surface area contributed by atoms with Crippen LogP contribution in [-0.2, 0) is 4.74 Å². The van der Waals surface area contributed by atoms with Gasteiger partial charge in [0.1, 0.15) is 0 Å². The highest BCUT2D eigenvalue weighted by molar-refractivity contribution is 7.80. The highest BCUT2D eigenvalue weighted by atomic mass is 32.1. The fourth-order valence-electron chi connectivity index (χ4n) is 3.54. The largest absolute Gasteiger partial charge is 0.379 e. The summed E-state index contributed by atoms with van der Waals surface area (Å²) in [4.78, 5) is 2.37. The van der Waals surface area contributed by atoms with E-state index in [1.807, 2.05) is 6.21 Å². The summed E-state index contributed by atoms with van der Waals surface area (Å²) in [5, 5.41) is 12.9. The summed E-state index contributed by atoms with van der Waals surface area (Å²) in [5.74, 6) is 0. The smallest absolute Gasteiger partial charge is 0.187 e. The molecule has 0 unspecified atom stereocenters. The van der Waals surface area contributed by atoms with Crippen LogP contribution in [0.5, 0.6) is 0 Å². The summed E-state index contributed by atoms with van der Waals surface area (Å²) in [5.41, 5.74) is 4.04. The third-order valence-electron chi connectivity index (χ3n) is 4.99. The molecule has 0 aliphatic carbocycles. The number of thiocarbonyl (C=S) groups is 1.